The van der Waals surface area contributed by atoms with Crippen LogP contribution in [0.5, 0.6) is 0 Å². The first-order chi connectivity index (χ1) is 11.5. The Morgan fingerprint density at radius 1 is 1.21 bits per heavy atom. The molecule has 2 fully saturated rings. The molecule has 1 aromatic rings. The number of carbonyl (C=O) groups excluding carboxylic acids is 2. The number of carbonyl (C=O) groups is 2. The van der Waals surface area contributed by atoms with Crippen LogP contribution in [0.3, 0.4) is 0 Å². The standard InChI is InChI=1S/C15H20N4O4S/c20-14(19-9-6-16-15(19)21)11-17-12-4-3-5-13(10-12)24(22,23)18-7-1-2-8-18/h3-5,10,17H,1-2,6-9,11H2,(H,16,21). The Hall–Kier alpha value is -2.13. The predicted octanol–water partition coefficient (Wildman–Crippen LogP) is 0.435. The van der Waals surface area contributed by atoms with Gasteiger partial charge in [-0.25, -0.2) is 13.2 Å². The summed E-state index contributed by atoms with van der Waals surface area (Å²) in [5.41, 5.74) is 0.531. The molecule has 130 valence electrons. The van der Waals surface area contributed by atoms with Crippen molar-refractivity contribution < 1.29 is 18.0 Å². The highest BCUT2D eigenvalue weighted by Gasteiger charge is 2.28. The summed E-state index contributed by atoms with van der Waals surface area (Å²) in [4.78, 5) is 24.8. The third-order valence-electron chi connectivity index (χ3n) is 4.14. The summed E-state index contributed by atoms with van der Waals surface area (Å²) in [5, 5.41) is 5.45. The Morgan fingerprint density at radius 3 is 2.62 bits per heavy atom. The van der Waals surface area contributed by atoms with Crippen LogP contribution in [0, 0.1) is 0 Å². The van der Waals surface area contributed by atoms with Crippen molar-refractivity contribution in [2.24, 2.45) is 0 Å². The summed E-state index contributed by atoms with van der Waals surface area (Å²) < 4.78 is 26.6. The van der Waals surface area contributed by atoms with Crippen molar-refractivity contribution in [2.75, 3.05) is 38.0 Å². The number of nitrogens with one attached hydrogen (secondary N) is 2. The molecule has 0 aliphatic carbocycles. The number of nitrogens with zero attached hydrogens (tertiary/aromatic N) is 2. The van der Waals surface area contributed by atoms with Crippen LogP contribution in [0.1, 0.15) is 12.8 Å². The molecular formula is C15H20N4O4S. The SMILES string of the molecule is O=C(CNc1cccc(S(=O)(=O)N2CCCC2)c1)N1CCNC1=O. The van der Waals surface area contributed by atoms with Gasteiger partial charge in [-0.1, -0.05) is 6.07 Å². The molecule has 9 heteroatoms. The molecule has 1 aromatic carbocycles. The van der Waals surface area contributed by atoms with Gasteiger partial charge in [0.15, 0.2) is 0 Å². The molecule has 24 heavy (non-hydrogen) atoms. The third kappa shape index (κ3) is 3.36. The normalized spacial score (nSPS) is 18.7. The molecule has 8 nitrogen and oxygen atoms in total. The van der Waals surface area contributed by atoms with Crippen molar-refractivity contribution in [3.05, 3.63) is 24.3 Å². The zero-order chi connectivity index (χ0) is 17.2. The van der Waals surface area contributed by atoms with E-state index in [1.807, 2.05) is 0 Å². The van der Waals surface area contributed by atoms with E-state index in [1.54, 1.807) is 18.2 Å². The van der Waals surface area contributed by atoms with Crippen molar-refractivity contribution in [2.45, 2.75) is 17.7 Å². The quantitative estimate of drug-likeness (QED) is 0.801. The Morgan fingerprint density at radius 2 is 1.96 bits per heavy atom. The minimum atomic E-state index is -3.49. The van der Waals surface area contributed by atoms with Crippen LogP contribution in [0.25, 0.3) is 0 Å². The number of imide groups is 1. The van der Waals surface area contributed by atoms with Crippen LogP contribution in [-0.4, -0.2) is 62.3 Å². The Labute approximate surface area is 140 Å². The van der Waals surface area contributed by atoms with E-state index < -0.39 is 16.1 Å². The van der Waals surface area contributed by atoms with Crippen LogP contribution < -0.4 is 10.6 Å². The summed E-state index contributed by atoms with van der Waals surface area (Å²) >= 11 is 0. The predicted molar refractivity (Wildman–Crippen MR) is 88.0 cm³/mol. The molecule has 3 rings (SSSR count). The van der Waals surface area contributed by atoms with E-state index in [0.717, 1.165) is 17.7 Å². The van der Waals surface area contributed by atoms with E-state index in [-0.39, 0.29) is 17.3 Å². The minimum Gasteiger partial charge on any atom is -0.376 e. The molecule has 2 aliphatic heterocycles. The zero-order valence-corrected chi connectivity index (χ0v) is 14.0. The molecule has 2 saturated heterocycles. The second-order valence-corrected chi connectivity index (χ2v) is 7.71. The molecule has 2 aliphatic rings. The van der Waals surface area contributed by atoms with E-state index in [9.17, 15) is 18.0 Å². The maximum atomic E-state index is 12.5. The summed E-state index contributed by atoms with van der Waals surface area (Å²) in [7, 11) is -3.49. The van der Waals surface area contributed by atoms with Gasteiger partial charge in [0.25, 0.3) is 0 Å². The second-order valence-electron chi connectivity index (χ2n) is 5.77. The lowest BCUT2D eigenvalue weighted by molar-refractivity contribution is -0.125. The molecule has 0 aromatic heterocycles. The van der Waals surface area contributed by atoms with E-state index in [2.05, 4.69) is 10.6 Å². The van der Waals surface area contributed by atoms with Crippen LogP contribution in [0.15, 0.2) is 29.2 Å². The van der Waals surface area contributed by atoms with Crippen molar-refractivity contribution in [1.29, 1.82) is 0 Å². The largest absolute Gasteiger partial charge is 0.376 e. The fraction of sp³-hybridized carbons (Fsp3) is 0.467. The number of rotatable bonds is 5. The minimum absolute atomic E-state index is 0.0688. The molecule has 0 spiro atoms. The van der Waals surface area contributed by atoms with Gasteiger partial charge < -0.3 is 10.6 Å². The summed E-state index contributed by atoms with van der Waals surface area (Å²) in [6.07, 6.45) is 1.76. The first kappa shape index (κ1) is 16.7. The number of urea groups is 1. The Balaban J connectivity index is 1.67. The smallest absolute Gasteiger partial charge is 0.324 e. The lowest BCUT2D eigenvalue weighted by Crippen LogP contribution is -2.38. The van der Waals surface area contributed by atoms with Gasteiger partial charge in [0.1, 0.15) is 0 Å². The fourth-order valence-electron chi connectivity index (χ4n) is 2.83. The average Bonchev–Trinajstić information content (AvgIpc) is 3.24. The maximum Gasteiger partial charge on any atom is 0.324 e. The number of benzene rings is 1. The topological polar surface area (TPSA) is 98.8 Å². The van der Waals surface area contributed by atoms with Gasteiger partial charge in [0.05, 0.1) is 11.4 Å². The van der Waals surface area contributed by atoms with E-state index in [0.29, 0.717) is 31.9 Å². The van der Waals surface area contributed by atoms with Gasteiger partial charge in [0, 0.05) is 31.9 Å². The molecule has 0 unspecified atom stereocenters. The van der Waals surface area contributed by atoms with Gasteiger partial charge in [0.2, 0.25) is 15.9 Å². The molecule has 2 N–H and O–H groups in total. The van der Waals surface area contributed by atoms with Crippen LogP contribution in [-0.2, 0) is 14.8 Å². The molecule has 3 amide bonds. The fourth-order valence-corrected chi connectivity index (χ4v) is 4.39. The van der Waals surface area contributed by atoms with Crippen LogP contribution >= 0.6 is 0 Å². The van der Waals surface area contributed by atoms with E-state index >= 15 is 0 Å². The summed E-state index contributed by atoms with van der Waals surface area (Å²) in [6, 6.07) is 6.00. The van der Waals surface area contributed by atoms with Crippen molar-refractivity contribution in [3.63, 3.8) is 0 Å². The highest BCUT2D eigenvalue weighted by atomic mass is 32.2. The summed E-state index contributed by atoms with van der Waals surface area (Å²) in [6.45, 7) is 1.82. The molecule has 2 heterocycles. The van der Waals surface area contributed by atoms with Gasteiger partial charge in [-0.05, 0) is 31.0 Å². The number of sulfonamides is 1. The van der Waals surface area contributed by atoms with E-state index in [1.165, 1.54) is 10.4 Å². The Kier molecular flexibility index (Phi) is 4.72. The second kappa shape index (κ2) is 6.78. The molecule has 0 saturated carbocycles. The first-order valence-electron chi connectivity index (χ1n) is 7.91. The van der Waals surface area contributed by atoms with Crippen LogP contribution in [0.4, 0.5) is 10.5 Å². The number of anilines is 1. The van der Waals surface area contributed by atoms with Crippen molar-refractivity contribution in [3.8, 4) is 0 Å². The molecular weight excluding hydrogens is 332 g/mol. The highest BCUT2D eigenvalue weighted by Crippen LogP contribution is 2.23. The Bertz CT molecular complexity index is 744. The lowest BCUT2D eigenvalue weighted by Gasteiger charge is -2.17. The summed E-state index contributed by atoms with van der Waals surface area (Å²) in [5.74, 6) is -0.349. The van der Waals surface area contributed by atoms with Crippen molar-refractivity contribution in [1.82, 2.24) is 14.5 Å². The monoisotopic (exact) mass is 352 g/mol. The molecule has 0 atom stereocenters. The zero-order valence-electron chi connectivity index (χ0n) is 13.2. The van der Waals surface area contributed by atoms with Gasteiger partial charge in [-0.3, -0.25) is 9.69 Å². The lowest BCUT2D eigenvalue weighted by atomic mass is 10.3. The first-order valence-corrected chi connectivity index (χ1v) is 9.35. The highest BCUT2D eigenvalue weighted by molar-refractivity contribution is 7.89. The molecule has 0 radical (unpaired) electrons. The average molecular weight is 352 g/mol. The van der Waals surface area contributed by atoms with E-state index in [4.69, 9.17) is 0 Å². The van der Waals surface area contributed by atoms with Gasteiger partial charge in [-0.2, -0.15) is 4.31 Å². The maximum absolute atomic E-state index is 12.5. The number of hydrogen-bond acceptors (Lipinski definition) is 5. The van der Waals surface area contributed by atoms with Crippen molar-refractivity contribution >= 4 is 27.6 Å². The number of hydrogen-bond donors (Lipinski definition) is 2. The third-order valence-corrected chi connectivity index (χ3v) is 6.03. The van der Waals surface area contributed by atoms with Crippen LogP contribution in [0.2, 0.25) is 0 Å². The molecule has 0 bridgehead atoms. The number of amides is 3. The van der Waals surface area contributed by atoms with Gasteiger partial charge in [-0.15, -0.1) is 0 Å². The van der Waals surface area contributed by atoms with Gasteiger partial charge >= 0.3 is 6.03 Å².